The van der Waals surface area contributed by atoms with Crippen LogP contribution in [0.25, 0.3) is 65.9 Å². The summed E-state index contributed by atoms with van der Waals surface area (Å²) in [5.41, 5.74) is 6.74. The van der Waals surface area contributed by atoms with Crippen LogP contribution in [0.15, 0.2) is 87.8 Å². The molecule has 33 heavy (non-hydrogen) atoms. The summed E-state index contributed by atoms with van der Waals surface area (Å²) >= 11 is 0. The minimum absolute atomic E-state index is 0.613. The van der Waals surface area contributed by atoms with Crippen molar-refractivity contribution in [2.45, 2.75) is 6.92 Å². The van der Waals surface area contributed by atoms with Crippen LogP contribution < -0.4 is 0 Å². The fourth-order valence-electron chi connectivity index (χ4n) is 4.99. The van der Waals surface area contributed by atoms with Gasteiger partial charge in [0, 0.05) is 44.1 Å². The largest absolute Gasteiger partial charge is 0.455 e. The summed E-state index contributed by atoms with van der Waals surface area (Å²) < 4.78 is 12.6. The highest BCUT2D eigenvalue weighted by atomic mass is 16.3. The first-order valence-corrected chi connectivity index (χ1v) is 10.8. The monoisotopic (exact) mass is 424 g/mol. The first-order valence-electron chi connectivity index (χ1n) is 10.8. The lowest BCUT2D eigenvalue weighted by Crippen LogP contribution is -1.88. The molecule has 154 valence electrons. The van der Waals surface area contributed by atoms with Crippen LogP contribution in [0.3, 0.4) is 0 Å². The molecule has 4 heteroatoms. The molecule has 0 amide bonds. The van der Waals surface area contributed by atoms with Gasteiger partial charge in [-0.1, -0.05) is 30.3 Å². The highest BCUT2D eigenvalue weighted by Crippen LogP contribution is 2.41. The molecule has 0 N–H and O–H groups in total. The number of rotatable bonds is 1. The van der Waals surface area contributed by atoms with Crippen LogP contribution in [0.1, 0.15) is 11.1 Å². The van der Waals surface area contributed by atoms with E-state index < -0.39 is 0 Å². The second-order valence-electron chi connectivity index (χ2n) is 8.38. The molecule has 0 saturated carbocycles. The SMILES string of the molecule is Cc1cc(-c2nccc3c2ccc2c3oc3cccc(C#N)c32)c2oc3ccccc3c2c1. The molecule has 0 atom stereocenters. The number of furan rings is 2. The molecular formula is C29H16N2O2. The second-order valence-corrected chi connectivity index (χ2v) is 8.38. The summed E-state index contributed by atoms with van der Waals surface area (Å²) in [4.78, 5) is 4.78. The molecule has 0 aliphatic carbocycles. The van der Waals surface area contributed by atoms with Crippen molar-refractivity contribution in [1.29, 1.82) is 5.26 Å². The number of aryl methyl sites for hydroxylation is 1. The molecule has 0 radical (unpaired) electrons. The standard InChI is InChI=1S/C29H16N2O2/c1-16-13-22-18-6-2-3-7-24(18)32-29(22)23(14-16)27-19-9-10-21-26-17(15-30)5-4-8-25(26)33-28(21)20(19)11-12-31-27/h2-14H,1H3. The van der Waals surface area contributed by atoms with Gasteiger partial charge in [-0.25, -0.2) is 0 Å². The van der Waals surface area contributed by atoms with Gasteiger partial charge in [-0.05, 0) is 55.0 Å². The van der Waals surface area contributed by atoms with Gasteiger partial charge in [0.1, 0.15) is 22.3 Å². The zero-order valence-electron chi connectivity index (χ0n) is 17.7. The number of hydrogen-bond donors (Lipinski definition) is 0. The number of benzene rings is 4. The Morgan fingerprint density at radius 1 is 0.727 bits per heavy atom. The maximum Gasteiger partial charge on any atom is 0.144 e. The molecule has 7 aromatic rings. The highest BCUT2D eigenvalue weighted by Gasteiger charge is 2.19. The molecule has 0 fully saturated rings. The zero-order valence-corrected chi connectivity index (χ0v) is 17.7. The summed E-state index contributed by atoms with van der Waals surface area (Å²) in [6, 6.07) is 26.3. The average molecular weight is 424 g/mol. The number of nitrogens with zero attached hydrogens (tertiary/aromatic N) is 2. The van der Waals surface area contributed by atoms with Crippen molar-refractivity contribution in [3.8, 4) is 17.3 Å². The van der Waals surface area contributed by atoms with Crippen LogP contribution in [0.4, 0.5) is 0 Å². The highest BCUT2D eigenvalue weighted by molar-refractivity contribution is 6.19. The molecule has 7 rings (SSSR count). The molecule has 4 nitrogen and oxygen atoms in total. The Labute approximate surface area is 188 Å². The van der Waals surface area contributed by atoms with Gasteiger partial charge in [-0.3, -0.25) is 4.98 Å². The molecule has 3 heterocycles. The third kappa shape index (κ3) is 2.42. The topological polar surface area (TPSA) is 63.0 Å². The summed E-state index contributed by atoms with van der Waals surface area (Å²) in [6.45, 7) is 2.09. The summed E-state index contributed by atoms with van der Waals surface area (Å²) in [5.74, 6) is 0. The Bertz CT molecular complexity index is 1950. The number of aromatic nitrogens is 1. The van der Waals surface area contributed by atoms with E-state index in [2.05, 4.69) is 37.3 Å². The molecule has 4 aromatic carbocycles. The van der Waals surface area contributed by atoms with Crippen LogP contribution >= 0.6 is 0 Å². The molecule has 0 unspecified atom stereocenters. The fraction of sp³-hybridized carbons (Fsp3) is 0.0345. The van der Waals surface area contributed by atoms with Gasteiger partial charge in [-0.15, -0.1) is 0 Å². The van der Waals surface area contributed by atoms with E-state index in [1.54, 1.807) is 0 Å². The number of pyridine rings is 1. The normalized spacial score (nSPS) is 11.8. The van der Waals surface area contributed by atoms with E-state index in [1.165, 1.54) is 0 Å². The van der Waals surface area contributed by atoms with Crippen molar-refractivity contribution in [3.63, 3.8) is 0 Å². The first-order chi connectivity index (χ1) is 16.2. The van der Waals surface area contributed by atoms with E-state index in [9.17, 15) is 5.26 Å². The lowest BCUT2D eigenvalue weighted by Gasteiger charge is -2.08. The predicted molar refractivity (Wildman–Crippen MR) is 131 cm³/mol. The number of hydrogen-bond acceptors (Lipinski definition) is 4. The molecule has 0 saturated heterocycles. The Kier molecular flexibility index (Phi) is 3.51. The van der Waals surface area contributed by atoms with E-state index in [-0.39, 0.29) is 0 Å². The number of para-hydroxylation sites is 1. The van der Waals surface area contributed by atoms with Gasteiger partial charge < -0.3 is 8.83 Å². The predicted octanol–water partition coefficient (Wildman–Crippen LogP) is 7.88. The summed E-state index contributed by atoms with van der Waals surface area (Å²) in [6.07, 6.45) is 1.81. The first kappa shape index (κ1) is 18.0. The Hall–Kier alpha value is -4.62. The zero-order chi connectivity index (χ0) is 22.1. The van der Waals surface area contributed by atoms with Crippen molar-refractivity contribution in [3.05, 3.63) is 90.1 Å². The van der Waals surface area contributed by atoms with Gasteiger partial charge in [0.15, 0.2) is 0 Å². The maximum absolute atomic E-state index is 9.59. The van der Waals surface area contributed by atoms with Gasteiger partial charge in [0.2, 0.25) is 0 Å². The fourth-order valence-corrected chi connectivity index (χ4v) is 4.99. The van der Waals surface area contributed by atoms with Crippen molar-refractivity contribution in [2.75, 3.05) is 0 Å². The molecule has 0 spiro atoms. The van der Waals surface area contributed by atoms with Crippen molar-refractivity contribution < 1.29 is 8.83 Å². The lowest BCUT2D eigenvalue weighted by atomic mass is 9.98. The Morgan fingerprint density at radius 3 is 2.45 bits per heavy atom. The maximum atomic E-state index is 9.59. The Morgan fingerprint density at radius 2 is 1.55 bits per heavy atom. The van der Waals surface area contributed by atoms with E-state index in [4.69, 9.17) is 13.8 Å². The quantitative estimate of drug-likeness (QED) is 0.269. The molecular weight excluding hydrogens is 408 g/mol. The number of nitriles is 1. The molecule has 3 aromatic heterocycles. The minimum Gasteiger partial charge on any atom is -0.455 e. The minimum atomic E-state index is 0.613. The van der Waals surface area contributed by atoms with Crippen LogP contribution in [0.5, 0.6) is 0 Å². The molecule has 0 bridgehead atoms. The van der Waals surface area contributed by atoms with Gasteiger partial charge in [0.05, 0.1) is 17.3 Å². The summed E-state index contributed by atoms with van der Waals surface area (Å²) in [7, 11) is 0. The van der Waals surface area contributed by atoms with E-state index >= 15 is 0 Å². The van der Waals surface area contributed by atoms with Crippen molar-refractivity contribution in [2.24, 2.45) is 0 Å². The van der Waals surface area contributed by atoms with E-state index in [0.717, 1.165) is 65.9 Å². The van der Waals surface area contributed by atoms with E-state index in [1.807, 2.05) is 54.7 Å². The Balaban J connectivity index is 1.60. The second kappa shape index (κ2) is 6.44. The van der Waals surface area contributed by atoms with Crippen LogP contribution in [-0.4, -0.2) is 4.98 Å². The van der Waals surface area contributed by atoms with Crippen molar-refractivity contribution in [1.82, 2.24) is 4.98 Å². The van der Waals surface area contributed by atoms with Gasteiger partial charge in [0.25, 0.3) is 0 Å². The molecule has 0 aliphatic rings. The molecule has 0 aliphatic heterocycles. The van der Waals surface area contributed by atoms with Crippen LogP contribution in [0, 0.1) is 18.3 Å². The lowest BCUT2D eigenvalue weighted by molar-refractivity contribution is 0.669. The van der Waals surface area contributed by atoms with E-state index in [0.29, 0.717) is 11.1 Å². The number of fused-ring (bicyclic) bond motifs is 8. The van der Waals surface area contributed by atoms with Crippen LogP contribution in [-0.2, 0) is 0 Å². The average Bonchev–Trinajstić information content (AvgIpc) is 3.42. The van der Waals surface area contributed by atoms with Crippen molar-refractivity contribution >= 4 is 54.6 Å². The van der Waals surface area contributed by atoms with Crippen LogP contribution in [0.2, 0.25) is 0 Å². The van der Waals surface area contributed by atoms with Gasteiger partial charge >= 0.3 is 0 Å². The summed E-state index contributed by atoms with van der Waals surface area (Å²) in [5, 5.41) is 15.5. The third-order valence-corrected chi connectivity index (χ3v) is 6.40. The third-order valence-electron chi connectivity index (χ3n) is 6.40. The smallest absolute Gasteiger partial charge is 0.144 e. The van der Waals surface area contributed by atoms with Gasteiger partial charge in [-0.2, -0.15) is 5.26 Å².